The zero-order valence-electron chi connectivity index (χ0n) is 23.3. The summed E-state index contributed by atoms with van der Waals surface area (Å²) in [6.45, 7) is 9.77. The summed E-state index contributed by atoms with van der Waals surface area (Å²) < 4.78 is 1.76. The summed E-state index contributed by atoms with van der Waals surface area (Å²) in [6, 6.07) is 7.13. The molecule has 0 spiro atoms. The number of amides is 2. The van der Waals surface area contributed by atoms with E-state index in [0.717, 1.165) is 82.5 Å². The van der Waals surface area contributed by atoms with E-state index >= 15 is 0 Å². The summed E-state index contributed by atoms with van der Waals surface area (Å²) in [6.07, 6.45) is 6.97. The van der Waals surface area contributed by atoms with Crippen molar-refractivity contribution in [3.05, 3.63) is 57.0 Å². The molecule has 7 nitrogen and oxygen atoms in total. The Labute approximate surface area is 225 Å². The highest BCUT2D eigenvalue weighted by Crippen LogP contribution is 2.40. The Bertz CT molecular complexity index is 1420. The first-order valence-corrected chi connectivity index (χ1v) is 14.4. The number of nitrogens with zero attached hydrogens (tertiary/aromatic N) is 4. The Morgan fingerprint density at radius 2 is 1.63 bits per heavy atom. The number of nitrogens with one attached hydrogen (secondary N) is 1. The Balaban J connectivity index is 1.27. The molecule has 4 heterocycles. The minimum atomic E-state index is 0.156. The van der Waals surface area contributed by atoms with E-state index in [-0.39, 0.29) is 11.6 Å². The summed E-state index contributed by atoms with van der Waals surface area (Å²) in [5, 5.41) is 1.30. The first-order chi connectivity index (χ1) is 18.3. The molecule has 0 bridgehead atoms. The lowest BCUT2D eigenvalue weighted by atomic mass is 9.87. The van der Waals surface area contributed by atoms with Crippen molar-refractivity contribution >= 4 is 16.9 Å². The molecule has 0 saturated carbocycles. The largest absolute Gasteiger partial charge is 0.354 e. The van der Waals surface area contributed by atoms with Crippen LogP contribution in [0.2, 0.25) is 0 Å². The molecule has 202 valence electrons. The highest BCUT2D eigenvalue weighted by molar-refractivity contribution is 5.92. The van der Waals surface area contributed by atoms with E-state index in [0.29, 0.717) is 11.8 Å². The zero-order chi connectivity index (χ0) is 26.6. The molecule has 3 aromatic rings. The molecule has 2 saturated heterocycles. The normalized spacial score (nSPS) is 19.1. The predicted octanol–water partition coefficient (Wildman–Crippen LogP) is 4.69. The summed E-state index contributed by atoms with van der Waals surface area (Å²) in [5.74, 6) is 0.822. The Morgan fingerprint density at radius 1 is 0.947 bits per heavy atom. The maximum Gasteiger partial charge on any atom is 0.320 e. The van der Waals surface area contributed by atoms with Gasteiger partial charge in [-0.15, -0.1) is 0 Å². The zero-order valence-corrected chi connectivity index (χ0v) is 23.3. The fourth-order valence-corrected chi connectivity index (χ4v) is 6.93. The van der Waals surface area contributed by atoms with Crippen LogP contribution in [-0.4, -0.2) is 76.6 Å². The van der Waals surface area contributed by atoms with Crippen molar-refractivity contribution in [2.45, 2.75) is 57.8 Å². The van der Waals surface area contributed by atoms with E-state index in [1.807, 2.05) is 18.1 Å². The number of aromatic amines is 1. The number of carbonyl (C=O) groups excluding carboxylic acids is 1. The first-order valence-electron chi connectivity index (χ1n) is 14.4. The standard InChI is InChI=1S/C31H41N5O2/c1-20(2)28-25-18-22(21-10-12-35(13-11-21)31(38)36-16-14-33(3)15-17-36)8-9-27(25)32-29(28)26-19-34(4)30(37)24-7-5-6-23(24)26/h8-9,18-21,32H,5-7,10-17H2,1-4H3. The van der Waals surface area contributed by atoms with Crippen molar-refractivity contribution in [2.75, 3.05) is 46.3 Å². The Morgan fingerprint density at radius 3 is 2.34 bits per heavy atom. The second kappa shape index (κ2) is 9.92. The molecule has 2 aromatic heterocycles. The second-order valence-corrected chi connectivity index (χ2v) is 12.0. The van der Waals surface area contributed by atoms with Crippen LogP contribution < -0.4 is 5.56 Å². The topological polar surface area (TPSA) is 64.6 Å². The third kappa shape index (κ3) is 4.35. The smallest absolute Gasteiger partial charge is 0.320 e. The highest BCUT2D eigenvalue weighted by Gasteiger charge is 2.29. The number of piperazine rings is 1. The van der Waals surface area contributed by atoms with Gasteiger partial charge in [0, 0.05) is 74.5 Å². The summed E-state index contributed by atoms with van der Waals surface area (Å²) in [5.41, 5.74) is 8.64. The van der Waals surface area contributed by atoms with Gasteiger partial charge in [-0.3, -0.25) is 4.79 Å². The van der Waals surface area contributed by atoms with Gasteiger partial charge in [0.15, 0.2) is 0 Å². The van der Waals surface area contributed by atoms with E-state index in [9.17, 15) is 9.59 Å². The van der Waals surface area contributed by atoms with E-state index in [1.54, 1.807) is 4.57 Å². The van der Waals surface area contributed by atoms with E-state index < -0.39 is 0 Å². The molecule has 2 fully saturated rings. The monoisotopic (exact) mass is 515 g/mol. The molecular weight excluding hydrogens is 474 g/mol. The molecule has 0 unspecified atom stereocenters. The summed E-state index contributed by atoms with van der Waals surface area (Å²) in [7, 11) is 4.00. The number of likely N-dealkylation sites (N-methyl/N-ethyl adjacent to an activating group) is 1. The van der Waals surface area contributed by atoms with Crippen LogP contribution in [0.1, 0.15) is 67.2 Å². The highest BCUT2D eigenvalue weighted by atomic mass is 16.2. The minimum absolute atomic E-state index is 0.156. The van der Waals surface area contributed by atoms with E-state index in [1.165, 1.54) is 33.3 Å². The molecule has 38 heavy (non-hydrogen) atoms. The van der Waals surface area contributed by atoms with Gasteiger partial charge >= 0.3 is 6.03 Å². The van der Waals surface area contributed by atoms with Crippen LogP contribution >= 0.6 is 0 Å². The molecule has 1 N–H and O–H groups in total. The third-order valence-electron chi connectivity index (χ3n) is 9.16. The lowest BCUT2D eigenvalue weighted by molar-refractivity contribution is 0.113. The number of benzene rings is 1. The molecule has 2 amide bonds. The van der Waals surface area contributed by atoms with Crippen molar-refractivity contribution in [2.24, 2.45) is 7.05 Å². The minimum Gasteiger partial charge on any atom is -0.354 e. The molecule has 0 atom stereocenters. The van der Waals surface area contributed by atoms with Crippen LogP contribution in [0.3, 0.4) is 0 Å². The van der Waals surface area contributed by atoms with Crippen molar-refractivity contribution in [3.63, 3.8) is 0 Å². The number of piperidine rings is 1. The Kier molecular flexibility index (Phi) is 6.58. The fourth-order valence-electron chi connectivity index (χ4n) is 6.93. The number of hydrogen-bond donors (Lipinski definition) is 1. The van der Waals surface area contributed by atoms with Gasteiger partial charge in [-0.05, 0) is 79.8 Å². The van der Waals surface area contributed by atoms with Gasteiger partial charge in [0.2, 0.25) is 0 Å². The number of aromatic nitrogens is 2. The van der Waals surface area contributed by atoms with Gasteiger partial charge in [0.1, 0.15) is 0 Å². The van der Waals surface area contributed by atoms with Crippen LogP contribution in [0.15, 0.2) is 29.2 Å². The number of H-pyrrole nitrogens is 1. The van der Waals surface area contributed by atoms with Crippen molar-refractivity contribution < 1.29 is 4.79 Å². The van der Waals surface area contributed by atoms with Crippen molar-refractivity contribution in [1.29, 1.82) is 0 Å². The molecule has 0 radical (unpaired) electrons. The number of rotatable bonds is 3. The van der Waals surface area contributed by atoms with Crippen LogP contribution in [0, 0.1) is 0 Å². The lowest BCUT2D eigenvalue weighted by Gasteiger charge is -2.39. The molecule has 1 aromatic carbocycles. The van der Waals surface area contributed by atoms with Gasteiger partial charge < -0.3 is 24.3 Å². The third-order valence-corrected chi connectivity index (χ3v) is 9.16. The van der Waals surface area contributed by atoms with Gasteiger partial charge in [0.25, 0.3) is 5.56 Å². The fraction of sp³-hybridized carbons (Fsp3) is 0.548. The average molecular weight is 516 g/mol. The summed E-state index contributed by atoms with van der Waals surface area (Å²) in [4.78, 5) is 35.9. The van der Waals surface area contributed by atoms with Crippen molar-refractivity contribution in [1.82, 2.24) is 24.3 Å². The molecule has 2 aliphatic heterocycles. The van der Waals surface area contributed by atoms with Gasteiger partial charge in [-0.25, -0.2) is 4.79 Å². The lowest BCUT2D eigenvalue weighted by Crippen LogP contribution is -2.53. The number of hydrogen-bond acceptors (Lipinski definition) is 3. The molecule has 3 aliphatic rings. The number of fused-ring (bicyclic) bond motifs is 2. The van der Waals surface area contributed by atoms with Crippen molar-refractivity contribution in [3.8, 4) is 11.3 Å². The van der Waals surface area contributed by atoms with E-state index in [2.05, 4.69) is 53.9 Å². The Hall–Kier alpha value is -3.06. The second-order valence-electron chi connectivity index (χ2n) is 12.0. The van der Waals surface area contributed by atoms with Crippen LogP contribution in [-0.2, 0) is 19.9 Å². The van der Waals surface area contributed by atoms with Crippen LogP contribution in [0.5, 0.6) is 0 Å². The van der Waals surface area contributed by atoms with E-state index in [4.69, 9.17) is 0 Å². The number of urea groups is 1. The molecule has 7 heteroatoms. The van der Waals surface area contributed by atoms with Crippen LogP contribution in [0.25, 0.3) is 22.2 Å². The van der Waals surface area contributed by atoms with Gasteiger partial charge in [-0.2, -0.15) is 0 Å². The summed E-state index contributed by atoms with van der Waals surface area (Å²) >= 11 is 0. The van der Waals surface area contributed by atoms with Crippen LogP contribution in [0.4, 0.5) is 4.79 Å². The van der Waals surface area contributed by atoms with Gasteiger partial charge in [-0.1, -0.05) is 19.9 Å². The number of carbonyl (C=O) groups is 1. The SMILES string of the molecule is CC(C)c1c(-c2cn(C)c(=O)c3c2CCC3)[nH]c2ccc(C3CCN(C(=O)N4CCN(C)CC4)CC3)cc12. The molecule has 1 aliphatic carbocycles. The molecule has 6 rings (SSSR count). The molecular formula is C31H41N5O2. The number of pyridine rings is 1. The maximum absolute atomic E-state index is 13.1. The average Bonchev–Trinajstić information content (AvgIpc) is 3.56. The number of likely N-dealkylation sites (tertiary alicyclic amines) is 1. The first kappa shape index (κ1) is 25.2. The van der Waals surface area contributed by atoms with Gasteiger partial charge in [0.05, 0.1) is 5.69 Å². The predicted molar refractivity (Wildman–Crippen MR) is 153 cm³/mol. The quantitative estimate of drug-likeness (QED) is 0.550. The number of aryl methyl sites for hydroxylation is 1. The maximum atomic E-state index is 13.1.